The van der Waals surface area contributed by atoms with Crippen molar-refractivity contribution in [3.8, 4) is 0 Å². The van der Waals surface area contributed by atoms with Crippen LogP contribution < -0.4 is 10.9 Å². The van der Waals surface area contributed by atoms with Crippen molar-refractivity contribution in [2.24, 2.45) is 0 Å². The van der Waals surface area contributed by atoms with Gasteiger partial charge in [-0.15, -0.1) is 0 Å². The number of hydrogen-bond acceptors (Lipinski definition) is 4. The van der Waals surface area contributed by atoms with Crippen LogP contribution in [-0.4, -0.2) is 23.1 Å². The van der Waals surface area contributed by atoms with E-state index >= 15 is 0 Å². The Morgan fingerprint density at radius 2 is 1.65 bits per heavy atom. The van der Waals surface area contributed by atoms with Gasteiger partial charge in [-0.1, -0.05) is 25.5 Å². The summed E-state index contributed by atoms with van der Waals surface area (Å²) in [6, 6.07) is 15.0. The topological polar surface area (TPSA) is 77.4 Å². The average Bonchev–Trinajstić information content (AvgIpc) is 2.77. The van der Waals surface area contributed by atoms with Crippen molar-refractivity contribution in [1.29, 1.82) is 0 Å². The average molecular weight is 422 g/mol. The first kappa shape index (κ1) is 22.0. The van der Waals surface area contributed by atoms with E-state index in [0.29, 0.717) is 23.4 Å². The number of anilines is 1. The second kappa shape index (κ2) is 10.3. The third kappa shape index (κ3) is 6.12. The molecule has 0 bridgehead atoms. The van der Waals surface area contributed by atoms with Crippen molar-refractivity contribution < 1.29 is 18.7 Å². The zero-order valence-electron chi connectivity index (χ0n) is 17.1. The van der Waals surface area contributed by atoms with Gasteiger partial charge in [-0.2, -0.15) is 0 Å². The highest BCUT2D eigenvalue weighted by atomic mass is 19.1. The van der Waals surface area contributed by atoms with E-state index in [4.69, 9.17) is 4.74 Å². The van der Waals surface area contributed by atoms with Crippen LogP contribution in [0.3, 0.4) is 0 Å². The highest BCUT2D eigenvalue weighted by Crippen LogP contribution is 2.13. The molecule has 1 amide bonds. The number of hydrogen-bond donors (Lipinski definition) is 1. The van der Waals surface area contributed by atoms with Crippen LogP contribution in [0.4, 0.5) is 10.1 Å². The Morgan fingerprint density at radius 1 is 0.968 bits per heavy atom. The molecule has 31 heavy (non-hydrogen) atoms. The molecule has 0 atom stereocenters. The van der Waals surface area contributed by atoms with Crippen molar-refractivity contribution in [2.45, 2.75) is 26.3 Å². The van der Waals surface area contributed by atoms with Crippen molar-refractivity contribution in [3.05, 3.63) is 99.7 Å². The summed E-state index contributed by atoms with van der Waals surface area (Å²) in [6.45, 7) is 2.61. The Morgan fingerprint density at radius 3 is 2.32 bits per heavy atom. The smallest absolute Gasteiger partial charge is 0.338 e. The van der Waals surface area contributed by atoms with Crippen LogP contribution in [0.1, 0.15) is 46.0 Å². The van der Waals surface area contributed by atoms with Gasteiger partial charge in [0.25, 0.3) is 11.5 Å². The van der Waals surface area contributed by atoms with Gasteiger partial charge in [-0.25, -0.2) is 9.18 Å². The van der Waals surface area contributed by atoms with Gasteiger partial charge >= 0.3 is 5.97 Å². The lowest BCUT2D eigenvalue weighted by molar-refractivity contribution is 0.0499. The normalized spacial score (nSPS) is 10.5. The van der Waals surface area contributed by atoms with E-state index < -0.39 is 11.9 Å². The van der Waals surface area contributed by atoms with Crippen molar-refractivity contribution in [3.63, 3.8) is 0 Å². The lowest BCUT2D eigenvalue weighted by Crippen LogP contribution is -2.22. The van der Waals surface area contributed by atoms with Gasteiger partial charge < -0.3 is 14.6 Å². The molecule has 6 nitrogen and oxygen atoms in total. The van der Waals surface area contributed by atoms with Crippen LogP contribution in [0.2, 0.25) is 0 Å². The molecular formula is C24H23FN2O4. The van der Waals surface area contributed by atoms with E-state index in [0.717, 1.165) is 18.4 Å². The van der Waals surface area contributed by atoms with E-state index in [9.17, 15) is 18.8 Å². The molecule has 0 saturated carbocycles. The van der Waals surface area contributed by atoms with Crippen LogP contribution in [0.5, 0.6) is 0 Å². The van der Waals surface area contributed by atoms with Gasteiger partial charge in [-0.3, -0.25) is 9.59 Å². The largest absolute Gasteiger partial charge is 0.462 e. The van der Waals surface area contributed by atoms with Crippen LogP contribution in [0, 0.1) is 5.82 Å². The van der Waals surface area contributed by atoms with Gasteiger partial charge in [0.1, 0.15) is 5.82 Å². The van der Waals surface area contributed by atoms with E-state index in [1.54, 1.807) is 36.4 Å². The number of ether oxygens (including phenoxy) is 1. The highest BCUT2D eigenvalue weighted by molar-refractivity contribution is 6.04. The monoisotopic (exact) mass is 422 g/mol. The summed E-state index contributed by atoms with van der Waals surface area (Å²) in [5.74, 6) is -1.16. The van der Waals surface area contributed by atoms with Gasteiger partial charge in [0.05, 0.1) is 24.3 Å². The third-order valence-electron chi connectivity index (χ3n) is 4.62. The second-order valence-corrected chi connectivity index (χ2v) is 7.03. The van der Waals surface area contributed by atoms with Gasteiger partial charge in [0.15, 0.2) is 0 Å². The molecule has 0 unspecified atom stereocenters. The lowest BCUT2D eigenvalue weighted by atomic mass is 10.2. The predicted octanol–water partition coefficient (Wildman–Crippen LogP) is 4.24. The number of carbonyl (C=O) groups is 2. The molecule has 160 valence electrons. The molecule has 2 aromatic carbocycles. The molecule has 0 radical (unpaired) electrons. The van der Waals surface area contributed by atoms with E-state index in [-0.39, 0.29) is 17.9 Å². The SMILES string of the molecule is CCCCOC(=O)c1ccc(NC(=O)c2ccc(=O)n(Cc3ccc(F)cc3)c2)cc1. The Kier molecular flexibility index (Phi) is 7.32. The molecule has 1 N–H and O–H groups in total. The molecule has 7 heteroatoms. The fourth-order valence-electron chi connectivity index (χ4n) is 2.86. The minimum atomic E-state index is -0.404. The number of aromatic nitrogens is 1. The van der Waals surface area contributed by atoms with Crippen LogP contribution in [0.15, 0.2) is 71.7 Å². The number of amides is 1. The highest BCUT2D eigenvalue weighted by Gasteiger charge is 2.11. The molecule has 0 aliphatic rings. The standard InChI is InChI=1S/C24H23FN2O4/c1-2-3-14-31-24(30)18-6-11-21(12-7-18)26-23(29)19-8-13-22(28)27(16-19)15-17-4-9-20(25)10-5-17/h4-13,16H,2-3,14-15H2,1H3,(H,26,29). The first-order valence-corrected chi connectivity index (χ1v) is 9.99. The van der Waals surface area contributed by atoms with E-state index in [1.165, 1.54) is 35.0 Å². The molecule has 0 spiro atoms. The quantitative estimate of drug-likeness (QED) is 0.435. The number of rotatable bonds is 8. The maximum absolute atomic E-state index is 13.1. The lowest BCUT2D eigenvalue weighted by Gasteiger charge is -2.10. The number of halogens is 1. The fourth-order valence-corrected chi connectivity index (χ4v) is 2.86. The van der Waals surface area contributed by atoms with E-state index in [2.05, 4.69) is 5.32 Å². The van der Waals surface area contributed by atoms with Crippen LogP contribution >= 0.6 is 0 Å². The zero-order valence-corrected chi connectivity index (χ0v) is 17.1. The molecule has 3 rings (SSSR count). The number of unbranched alkanes of at least 4 members (excludes halogenated alkanes) is 1. The molecule has 1 aromatic heterocycles. The molecule has 1 heterocycles. The van der Waals surface area contributed by atoms with Crippen molar-refractivity contribution in [2.75, 3.05) is 11.9 Å². The number of nitrogens with zero attached hydrogens (tertiary/aromatic N) is 1. The summed E-state index contributed by atoms with van der Waals surface area (Å²) in [4.78, 5) is 36.7. The van der Waals surface area contributed by atoms with Gasteiger partial charge in [-0.05, 0) is 54.4 Å². The number of nitrogens with one attached hydrogen (secondary N) is 1. The first-order valence-electron chi connectivity index (χ1n) is 9.99. The Hall–Kier alpha value is -3.74. The molecule has 3 aromatic rings. The molecule has 0 aliphatic heterocycles. The zero-order chi connectivity index (χ0) is 22.2. The van der Waals surface area contributed by atoms with Crippen LogP contribution in [0.25, 0.3) is 0 Å². The minimum absolute atomic E-state index is 0.217. The second-order valence-electron chi connectivity index (χ2n) is 7.03. The van der Waals surface area contributed by atoms with Crippen LogP contribution in [-0.2, 0) is 11.3 Å². The summed E-state index contributed by atoms with van der Waals surface area (Å²) < 4.78 is 19.6. The molecule has 0 aliphatic carbocycles. The molecule has 0 fully saturated rings. The predicted molar refractivity (Wildman–Crippen MR) is 116 cm³/mol. The summed E-state index contributed by atoms with van der Waals surface area (Å²) in [5, 5.41) is 2.74. The summed E-state index contributed by atoms with van der Waals surface area (Å²) in [6.07, 6.45) is 3.21. The maximum atomic E-state index is 13.1. The van der Waals surface area contributed by atoms with Crippen molar-refractivity contribution in [1.82, 2.24) is 4.57 Å². The number of esters is 1. The third-order valence-corrected chi connectivity index (χ3v) is 4.62. The Balaban J connectivity index is 1.67. The Bertz CT molecular complexity index is 1110. The van der Waals surface area contributed by atoms with Gasteiger partial charge in [0.2, 0.25) is 0 Å². The van der Waals surface area contributed by atoms with Crippen molar-refractivity contribution >= 4 is 17.6 Å². The summed E-state index contributed by atoms with van der Waals surface area (Å²) in [5.41, 5.74) is 1.67. The maximum Gasteiger partial charge on any atom is 0.338 e. The molecular weight excluding hydrogens is 399 g/mol. The van der Waals surface area contributed by atoms with E-state index in [1.807, 2.05) is 6.92 Å². The number of benzene rings is 2. The van der Waals surface area contributed by atoms with Gasteiger partial charge in [0, 0.05) is 18.0 Å². The Labute approximate surface area is 179 Å². The summed E-state index contributed by atoms with van der Waals surface area (Å²) in [7, 11) is 0. The molecule has 0 saturated heterocycles. The first-order chi connectivity index (χ1) is 15.0. The number of pyridine rings is 1. The fraction of sp³-hybridized carbons (Fsp3) is 0.208. The minimum Gasteiger partial charge on any atom is -0.462 e. The number of carbonyl (C=O) groups excluding carboxylic acids is 2. The summed E-state index contributed by atoms with van der Waals surface area (Å²) >= 11 is 0.